The maximum atomic E-state index is 12.9. The predicted molar refractivity (Wildman–Crippen MR) is 44.4 cm³/mol. The fourth-order valence-corrected chi connectivity index (χ4v) is 1.64. The van der Waals surface area contributed by atoms with E-state index < -0.39 is 18.1 Å². The Labute approximate surface area is 78.3 Å². The molecule has 0 saturated carbocycles. The second kappa shape index (κ2) is 2.51. The summed E-state index contributed by atoms with van der Waals surface area (Å²) >= 11 is 5.61. The first-order valence-corrected chi connectivity index (χ1v) is 4.09. The van der Waals surface area contributed by atoms with Gasteiger partial charge in [0.2, 0.25) is 5.78 Å². The van der Waals surface area contributed by atoms with E-state index in [9.17, 15) is 13.6 Å². The number of rotatable bonds is 0. The van der Waals surface area contributed by atoms with Gasteiger partial charge in [0, 0.05) is 17.0 Å². The Balaban J connectivity index is 2.57. The lowest BCUT2D eigenvalue weighted by Gasteiger charge is -2.02. The number of hydrogen-bond acceptors (Lipinski definition) is 1. The molecule has 1 aromatic carbocycles. The highest BCUT2D eigenvalue weighted by molar-refractivity contribution is 6.30. The summed E-state index contributed by atoms with van der Waals surface area (Å²) in [6, 6.07) is 4.20. The number of benzene rings is 1. The maximum Gasteiger partial charge on any atom is 0.313 e. The van der Waals surface area contributed by atoms with Crippen LogP contribution in [0, 0.1) is 0 Å². The van der Waals surface area contributed by atoms with Gasteiger partial charge in [-0.2, -0.15) is 8.78 Å². The zero-order valence-corrected chi connectivity index (χ0v) is 7.24. The van der Waals surface area contributed by atoms with Crippen LogP contribution in [0.5, 0.6) is 0 Å². The van der Waals surface area contributed by atoms with Crippen LogP contribution in [0.3, 0.4) is 0 Å². The number of carbonyl (C=O) groups is 1. The van der Waals surface area contributed by atoms with Crippen molar-refractivity contribution in [1.29, 1.82) is 0 Å². The highest BCUT2D eigenvalue weighted by Crippen LogP contribution is 2.35. The molecule has 68 valence electrons. The minimum Gasteiger partial charge on any atom is -0.287 e. The van der Waals surface area contributed by atoms with Crippen LogP contribution in [0.1, 0.15) is 15.9 Å². The summed E-state index contributed by atoms with van der Waals surface area (Å²) in [7, 11) is 0. The van der Waals surface area contributed by atoms with Crippen molar-refractivity contribution in [3.63, 3.8) is 0 Å². The SMILES string of the molecule is O=C1c2ccc(Cl)cc2CC1(F)F. The molecular weight excluding hydrogens is 198 g/mol. The molecule has 1 aliphatic rings. The number of hydrogen-bond donors (Lipinski definition) is 0. The van der Waals surface area contributed by atoms with Crippen molar-refractivity contribution in [2.45, 2.75) is 12.3 Å². The monoisotopic (exact) mass is 202 g/mol. The van der Waals surface area contributed by atoms with E-state index in [1.165, 1.54) is 18.2 Å². The van der Waals surface area contributed by atoms with E-state index in [0.717, 1.165) is 0 Å². The number of halogens is 3. The molecule has 1 aromatic rings. The lowest BCUT2D eigenvalue weighted by molar-refractivity contribution is 0.0168. The highest BCUT2D eigenvalue weighted by Gasteiger charge is 2.46. The van der Waals surface area contributed by atoms with E-state index in [0.29, 0.717) is 10.6 Å². The topological polar surface area (TPSA) is 17.1 Å². The van der Waals surface area contributed by atoms with Gasteiger partial charge in [0.1, 0.15) is 0 Å². The van der Waals surface area contributed by atoms with Crippen LogP contribution in [0.15, 0.2) is 18.2 Å². The van der Waals surface area contributed by atoms with E-state index in [1.54, 1.807) is 0 Å². The number of Topliss-reactive ketones (excluding diaryl/α,β-unsaturated/α-hetero) is 1. The highest BCUT2D eigenvalue weighted by atomic mass is 35.5. The third-order valence-corrected chi connectivity index (χ3v) is 2.29. The Morgan fingerprint density at radius 2 is 2.08 bits per heavy atom. The standard InChI is InChI=1S/C9H5ClF2O/c10-6-1-2-7-5(3-6)4-9(11,12)8(7)13/h1-3H,4H2. The Kier molecular flexibility index (Phi) is 1.67. The average molecular weight is 203 g/mol. The van der Waals surface area contributed by atoms with Crippen LogP contribution >= 0.6 is 11.6 Å². The molecule has 0 spiro atoms. The Morgan fingerprint density at radius 3 is 2.77 bits per heavy atom. The fourth-order valence-electron chi connectivity index (χ4n) is 1.45. The molecule has 0 atom stereocenters. The molecule has 0 heterocycles. The van der Waals surface area contributed by atoms with Crippen LogP contribution < -0.4 is 0 Å². The van der Waals surface area contributed by atoms with Crippen molar-refractivity contribution in [2.75, 3.05) is 0 Å². The molecule has 0 saturated heterocycles. The summed E-state index contributed by atoms with van der Waals surface area (Å²) in [5.74, 6) is -4.34. The van der Waals surface area contributed by atoms with Crippen LogP contribution in [-0.4, -0.2) is 11.7 Å². The summed E-state index contributed by atoms with van der Waals surface area (Å²) in [6.07, 6.45) is -0.526. The third-order valence-electron chi connectivity index (χ3n) is 2.06. The second-order valence-corrected chi connectivity index (χ2v) is 3.45. The van der Waals surface area contributed by atoms with Gasteiger partial charge in [-0.05, 0) is 23.8 Å². The quantitative estimate of drug-likeness (QED) is 0.632. The summed E-state index contributed by atoms with van der Waals surface area (Å²) in [4.78, 5) is 11.0. The summed E-state index contributed by atoms with van der Waals surface area (Å²) < 4.78 is 25.7. The predicted octanol–water partition coefficient (Wildman–Crippen LogP) is 2.71. The molecule has 2 rings (SSSR count). The zero-order chi connectivity index (χ0) is 9.64. The van der Waals surface area contributed by atoms with Gasteiger partial charge in [-0.3, -0.25) is 4.79 Å². The average Bonchev–Trinajstić information content (AvgIpc) is 2.22. The van der Waals surface area contributed by atoms with Gasteiger partial charge in [-0.1, -0.05) is 11.6 Å². The van der Waals surface area contributed by atoms with Crippen LogP contribution in [0.25, 0.3) is 0 Å². The van der Waals surface area contributed by atoms with Crippen LogP contribution in [0.4, 0.5) is 8.78 Å². The molecule has 1 nitrogen and oxygen atoms in total. The number of alkyl halides is 2. The van der Waals surface area contributed by atoms with Crippen molar-refractivity contribution in [3.05, 3.63) is 34.3 Å². The van der Waals surface area contributed by atoms with E-state index in [-0.39, 0.29) is 5.56 Å². The van der Waals surface area contributed by atoms with Gasteiger partial charge >= 0.3 is 5.92 Å². The lowest BCUT2D eigenvalue weighted by atomic mass is 10.1. The normalized spacial score (nSPS) is 18.8. The lowest BCUT2D eigenvalue weighted by Crippen LogP contribution is -2.23. The first-order valence-electron chi connectivity index (χ1n) is 3.72. The van der Waals surface area contributed by atoms with E-state index >= 15 is 0 Å². The number of ketones is 1. The molecule has 0 N–H and O–H groups in total. The first kappa shape index (κ1) is 8.63. The molecule has 1 aliphatic carbocycles. The molecule has 0 aliphatic heterocycles. The Hall–Kier alpha value is -0.960. The van der Waals surface area contributed by atoms with E-state index in [4.69, 9.17) is 11.6 Å². The van der Waals surface area contributed by atoms with E-state index in [2.05, 4.69) is 0 Å². The van der Waals surface area contributed by atoms with Crippen molar-refractivity contribution in [2.24, 2.45) is 0 Å². The van der Waals surface area contributed by atoms with Gasteiger partial charge in [0.15, 0.2) is 0 Å². The molecule has 0 amide bonds. The van der Waals surface area contributed by atoms with Gasteiger partial charge in [0.25, 0.3) is 0 Å². The molecule has 0 fully saturated rings. The van der Waals surface area contributed by atoms with Crippen molar-refractivity contribution >= 4 is 17.4 Å². The molecule has 0 radical (unpaired) electrons. The molecular formula is C9H5ClF2O. The fraction of sp³-hybridized carbons (Fsp3) is 0.222. The number of carbonyl (C=O) groups excluding carboxylic acids is 1. The molecule has 0 unspecified atom stereocenters. The molecule has 4 heteroatoms. The van der Waals surface area contributed by atoms with Gasteiger partial charge in [-0.25, -0.2) is 0 Å². The van der Waals surface area contributed by atoms with Crippen LogP contribution in [-0.2, 0) is 6.42 Å². The van der Waals surface area contributed by atoms with Crippen molar-refractivity contribution < 1.29 is 13.6 Å². The second-order valence-electron chi connectivity index (χ2n) is 3.01. The van der Waals surface area contributed by atoms with Gasteiger partial charge in [-0.15, -0.1) is 0 Å². The molecule has 13 heavy (non-hydrogen) atoms. The van der Waals surface area contributed by atoms with Gasteiger partial charge < -0.3 is 0 Å². The smallest absolute Gasteiger partial charge is 0.287 e. The number of fused-ring (bicyclic) bond motifs is 1. The first-order chi connectivity index (χ1) is 6.00. The largest absolute Gasteiger partial charge is 0.313 e. The summed E-state index contributed by atoms with van der Waals surface area (Å²) in [5.41, 5.74) is 0.428. The molecule has 0 aromatic heterocycles. The van der Waals surface area contributed by atoms with Gasteiger partial charge in [0.05, 0.1) is 0 Å². The summed E-state index contributed by atoms with van der Waals surface area (Å²) in [6.45, 7) is 0. The maximum absolute atomic E-state index is 12.9. The van der Waals surface area contributed by atoms with Crippen LogP contribution in [0.2, 0.25) is 5.02 Å². The van der Waals surface area contributed by atoms with Crippen molar-refractivity contribution in [1.82, 2.24) is 0 Å². The minimum atomic E-state index is -3.24. The van der Waals surface area contributed by atoms with Crippen molar-refractivity contribution in [3.8, 4) is 0 Å². The Bertz CT molecular complexity index is 387. The third kappa shape index (κ3) is 1.23. The minimum absolute atomic E-state index is 0.0920. The van der Waals surface area contributed by atoms with E-state index in [1.807, 2.05) is 0 Å². The zero-order valence-electron chi connectivity index (χ0n) is 6.48. The Morgan fingerprint density at radius 1 is 1.38 bits per heavy atom. The molecule has 0 bridgehead atoms. The summed E-state index contributed by atoms with van der Waals surface area (Å²) in [5, 5.41) is 0.379.